The van der Waals surface area contributed by atoms with E-state index in [1.807, 2.05) is 27.7 Å². The van der Waals surface area contributed by atoms with Gasteiger partial charge in [-0.1, -0.05) is 27.7 Å². The molecule has 1 unspecified atom stereocenters. The van der Waals surface area contributed by atoms with Gasteiger partial charge in [0, 0.05) is 31.0 Å². The highest BCUT2D eigenvalue weighted by molar-refractivity contribution is 7.91. The lowest BCUT2D eigenvalue weighted by Crippen LogP contribution is -2.43. The van der Waals surface area contributed by atoms with Crippen molar-refractivity contribution in [1.82, 2.24) is 10.2 Å². The Morgan fingerprint density at radius 3 is 2.36 bits per heavy atom. The predicted molar refractivity (Wildman–Crippen MR) is 86.1 cm³/mol. The lowest BCUT2D eigenvalue weighted by molar-refractivity contribution is -0.133. The summed E-state index contributed by atoms with van der Waals surface area (Å²) in [6.07, 6.45) is 1.51. The van der Waals surface area contributed by atoms with Gasteiger partial charge in [-0.2, -0.15) is 0 Å². The van der Waals surface area contributed by atoms with Gasteiger partial charge in [-0.3, -0.25) is 9.59 Å². The molecule has 1 heterocycles. The zero-order chi connectivity index (χ0) is 17.0. The maximum absolute atomic E-state index is 12.3. The van der Waals surface area contributed by atoms with Crippen molar-refractivity contribution in [2.45, 2.75) is 53.0 Å². The molecule has 1 aliphatic rings. The van der Waals surface area contributed by atoms with Gasteiger partial charge in [0.15, 0.2) is 9.84 Å². The highest BCUT2D eigenvalue weighted by Crippen LogP contribution is 2.19. The van der Waals surface area contributed by atoms with E-state index < -0.39 is 15.3 Å². The summed E-state index contributed by atoms with van der Waals surface area (Å²) >= 11 is 0. The van der Waals surface area contributed by atoms with Gasteiger partial charge >= 0.3 is 0 Å². The monoisotopic (exact) mass is 332 g/mol. The van der Waals surface area contributed by atoms with E-state index in [0.717, 1.165) is 6.42 Å². The third-order valence-corrected chi connectivity index (χ3v) is 5.49. The topological polar surface area (TPSA) is 83.6 Å². The SMILES string of the molecule is CCCN(C(=O)CCNC(=O)C(C)(C)C)C1CCS(=O)(=O)C1. The molecule has 0 aromatic carbocycles. The molecule has 0 aromatic heterocycles. The summed E-state index contributed by atoms with van der Waals surface area (Å²) in [5, 5.41) is 2.75. The maximum atomic E-state index is 12.3. The Balaban J connectivity index is 2.54. The molecule has 1 N–H and O–H groups in total. The lowest BCUT2D eigenvalue weighted by Gasteiger charge is -2.28. The van der Waals surface area contributed by atoms with Crippen LogP contribution in [0.4, 0.5) is 0 Å². The highest BCUT2D eigenvalue weighted by atomic mass is 32.2. The molecule has 1 rings (SSSR count). The summed E-state index contributed by atoms with van der Waals surface area (Å²) in [5.74, 6) is 0.0443. The molecule has 128 valence electrons. The summed E-state index contributed by atoms with van der Waals surface area (Å²) in [6, 6.07) is -0.212. The molecule has 0 aromatic rings. The second kappa shape index (κ2) is 7.44. The van der Waals surface area contributed by atoms with E-state index in [0.29, 0.717) is 13.0 Å². The summed E-state index contributed by atoms with van der Waals surface area (Å²) in [4.78, 5) is 25.8. The van der Waals surface area contributed by atoms with Gasteiger partial charge in [0.1, 0.15) is 0 Å². The number of hydrogen-bond donors (Lipinski definition) is 1. The van der Waals surface area contributed by atoms with E-state index in [2.05, 4.69) is 5.32 Å². The molecular formula is C15H28N2O4S. The second-order valence-corrected chi connectivity index (χ2v) is 9.13. The van der Waals surface area contributed by atoms with Crippen molar-refractivity contribution in [1.29, 1.82) is 0 Å². The van der Waals surface area contributed by atoms with E-state index in [-0.39, 0.29) is 42.3 Å². The molecule has 1 aliphatic heterocycles. The first kappa shape index (κ1) is 18.9. The van der Waals surface area contributed by atoms with Crippen LogP contribution in [-0.4, -0.2) is 55.8 Å². The van der Waals surface area contributed by atoms with E-state index >= 15 is 0 Å². The predicted octanol–water partition coefficient (Wildman–Crippen LogP) is 0.965. The molecule has 0 spiro atoms. The Labute approximate surface area is 133 Å². The van der Waals surface area contributed by atoms with Crippen LogP contribution < -0.4 is 5.32 Å². The van der Waals surface area contributed by atoms with Crippen LogP contribution >= 0.6 is 0 Å². The number of amides is 2. The number of rotatable bonds is 6. The molecule has 7 heteroatoms. The Morgan fingerprint density at radius 2 is 1.91 bits per heavy atom. The first-order chi connectivity index (χ1) is 10.1. The molecule has 0 saturated carbocycles. The van der Waals surface area contributed by atoms with Gasteiger partial charge in [0.25, 0.3) is 0 Å². The number of nitrogens with one attached hydrogen (secondary N) is 1. The van der Waals surface area contributed by atoms with Crippen molar-refractivity contribution < 1.29 is 18.0 Å². The minimum absolute atomic E-state index is 0.0626. The molecular weight excluding hydrogens is 304 g/mol. The van der Waals surface area contributed by atoms with Crippen LogP contribution in [0.2, 0.25) is 0 Å². The normalized spacial score (nSPS) is 20.6. The van der Waals surface area contributed by atoms with Crippen molar-refractivity contribution in [2.75, 3.05) is 24.6 Å². The minimum atomic E-state index is -3.01. The van der Waals surface area contributed by atoms with Gasteiger partial charge in [-0.25, -0.2) is 8.42 Å². The maximum Gasteiger partial charge on any atom is 0.225 e. The molecule has 22 heavy (non-hydrogen) atoms. The molecule has 0 radical (unpaired) electrons. The van der Waals surface area contributed by atoms with Crippen LogP contribution in [0.1, 0.15) is 47.0 Å². The zero-order valence-electron chi connectivity index (χ0n) is 14.0. The molecule has 6 nitrogen and oxygen atoms in total. The van der Waals surface area contributed by atoms with Crippen molar-refractivity contribution in [3.05, 3.63) is 0 Å². The Morgan fingerprint density at radius 1 is 1.27 bits per heavy atom. The van der Waals surface area contributed by atoms with Crippen LogP contribution in [-0.2, 0) is 19.4 Å². The van der Waals surface area contributed by atoms with Crippen molar-refractivity contribution in [3.63, 3.8) is 0 Å². The van der Waals surface area contributed by atoms with Crippen LogP contribution in [0.5, 0.6) is 0 Å². The first-order valence-electron chi connectivity index (χ1n) is 7.85. The van der Waals surface area contributed by atoms with Crippen molar-refractivity contribution >= 4 is 21.7 Å². The third kappa shape index (κ3) is 5.59. The molecule has 1 atom stereocenters. The minimum Gasteiger partial charge on any atom is -0.355 e. The molecule has 1 saturated heterocycles. The standard InChI is InChI=1S/C15H28N2O4S/c1-5-9-17(12-7-10-22(20,21)11-12)13(18)6-8-16-14(19)15(2,3)4/h12H,5-11H2,1-4H3,(H,16,19). The van der Waals surface area contributed by atoms with Crippen molar-refractivity contribution in [3.8, 4) is 0 Å². The average molecular weight is 332 g/mol. The number of nitrogens with zero attached hydrogens (tertiary/aromatic N) is 1. The number of hydrogen-bond acceptors (Lipinski definition) is 4. The average Bonchev–Trinajstić information content (AvgIpc) is 2.74. The van der Waals surface area contributed by atoms with E-state index in [9.17, 15) is 18.0 Å². The Hall–Kier alpha value is -1.11. The third-order valence-electron chi connectivity index (χ3n) is 3.74. The van der Waals surface area contributed by atoms with Gasteiger partial charge in [-0.15, -0.1) is 0 Å². The van der Waals surface area contributed by atoms with Gasteiger partial charge < -0.3 is 10.2 Å². The van der Waals surface area contributed by atoms with Crippen LogP contribution in [0.3, 0.4) is 0 Å². The van der Waals surface area contributed by atoms with Gasteiger partial charge in [-0.05, 0) is 12.8 Å². The Bertz CT molecular complexity index is 508. The number of carbonyl (C=O) groups excluding carboxylic acids is 2. The quantitative estimate of drug-likeness (QED) is 0.785. The Kier molecular flexibility index (Phi) is 6.40. The number of carbonyl (C=O) groups is 2. The summed E-state index contributed by atoms with van der Waals surface area (Å²) in [6.45, 7) is 8.26. The molecule has 2 amide bonds. The fourth-order valence-electron chi connectivity index (χ4n) is 2.46. The molecule has 0 bridgehead atoms. The van der Waals surface area contributed by atoms with E-state index in [1.165, 1.54) is 0 Å². The summed E-state index contributed by atoms with van der Waals surface area (Å²) < 4.78 is 23.2. The number of sulfone groups is 1. The van der Waals surface area contributed by atoms with Gasteiger partial charge in [0.05, 0.1) is 11.5 Å². The largest absolute Gasteiger partial charge is 0.355 e. The summed E-state index contributed by atoms with van der Waals surface area (Å²) in [5.41, 5.74) is -0.480. The summed E-state index contributed by atoms with van der Waals surface area (Å²) in [7, 11) is -3.01. The smallest absolute Gasteiger partial charge is 0.225 e. The van der Waals surface area contributed by atoms with E-state index in [1.54, 1.807) is 4.90 Å². The fourth-order valence-corrected chi connectivity index (χ4v) is 4.20. The fraction of sp³-hybridized carbons (Fsp3) is 0.867. The van der Waals surface area contributed by atoms with E-state index in [4.69, 9.17) is 0 Å². The lowest BCUT2D eigenvalue weighted by atomic mass is 9.96. The van der Waals surface area contributed by atoms with Crippen molar-refractivity contribution in [2.24, 2.45) is 5.41 Å². The highest BCUT2D eigenvalue weighted by Gasteiger charge is 2.34. The van der Waals surface area contributed by atoms with Crippen LogP contribution in [0, 0.1) is 5.41 Å². The van der Waals surface area contributed by atoms with Gasteiger partial charge in [0.2, 0.25) is 11.8 Å². The zero-order valence-corrected chi connectivity index (χ0v) is 14.8. The second-order valence-electron chi connectivity index (χ2n) is 6.90. The molecule has 0 aliphatic carbocycles. The van der Waals surface area contributed by atoms with Crippen LogP contribution in [0.15, 0.2) is 0 Å². The first-order valence-corrected chi connectivity index (χ1v) is 9.67. The van der Waals surface area contributed by atoms with Crippen LogP contribution in [0.25, 0.3) is 0 Å². The molecule has 1 fully saturated rings.